The number of hydrogen-bond donors (Lipinski definition) is 1. The number of rotatable bonds is 3. The zero-order valence-electron chi connectivity index (χ0n) is 9.21. The molecule has 2 aliphatic rings. The fourth-order valence-electron chi connectivity index (χ4n) is 2.63. The molecule has 2 heteroatoms. The SMILES string of the molecule is CCCC1CN(C2CC=CC2)CCN1. The lowest BCUT2D eigenvalue weighted by Crippen LogP contribution is -2.53. The number of piperazine rings is 1. The van der Waals surface area contributed by atoms with Gasteiger partial charge in [-0.2, -0.15) is 0 Å². The lowest BCUT2D eigenvalue weighted by Gasteiger charge is -2.37. The molecule has 1 heterocycles. The van der Waals surface area contributed by atoms with E-state index in [1.807, 2.05) is 0 Å². The van der Waals surface area contributed by atoms with E-state index < -0.39 is 0 Å². The van der Waals surface area contributed by atoms with E-state index in [2.05, 4.69) is 29.3 Å². The molecule has 0 spiro atoms. The first kappa shape index (κ1) is 10.2. The molecule has 1 aliphatic carbocycles. The second kappa shape index (κ2) is 4.94. The highest BCUT2D eigenvalue weighted by Crippen LogP contribution is 2.19. The van der Waals surface area contributed by atoms with Crippen molar-refractivity contribution in [1.82, 2.24) is 10.2 Å². The van der Waals surface area contributed by atoms with E-state index >= 15 is 0 Å². The maximum Gasteiger partial charge on any atom is 0.0195 e. The smallest absolute Gasteiger partial charge is 0.0195 e. The van der Waals surface area contributed by atoms with Crippen LogP contribution >= 0.6 is 0 Å². The van der Waals surface area contributed by atoms with Crippen molar-refractivity contribution in [3.05, 3.63) is 12.2 Å². The van der Waals surface area contributed by atoms with Crippen molar-refractivity contribution < 1.29 is 0 Å². The van der Waals surface area contributed by atoms with E-state index in [1.54, 1.807) is 0 Å². The summed E-state index contributed by atoms with van der Waals surface area (Å²) in [5.41, 5.74) is 0. The zero-order chi connectivity index (χ0) is 9.80. The van der Waals surface area contributed by atoms with Crippen LogP contribution in [0.5, 0.6) is 0 Å². The van der Waals surface area contributed by atoms with Gasteiger partial charge in [0.1, 0.15) is 0 Å². The first-order valence-corrected chi connectivity index (χ1v) is 6.02. The number of hydrogen-bond acceptors (Lipinski definition) is 2. The monoisotopic (exact) mass is 194 g/mol. The molecule has 0 radical (unpaired) electrons. The van der Waals surface area contributed by atoms with Crippen LogP contribution in [0, 0.1) is 0 Å². The number of nitrogens with one attached hydrogen (secondary N) is 1. The van der Waals surface area contributed by atoms with E-state index in [1.165, 1.54) is 45.3 Å². The summed E-state index contributed by atoms with van der Waals surface area (Å²) in [7, 11) is 0. The summed E-state index contributed by atoms with van der Waals surface area (Å²) in [5.74, 6) is 0. The van der Waals surface area contributed by atoms with Gasteiger partial charge < -0.3 is 5.32 Å². The zero-order valence-corrected chi connectivity index (χ0v) is 9.21. The van der Waals surface area contributed by atoms with Gasteiger partial charge in [-0.15, -0.1) is 0 Å². The summed E-state index contributed by atoms with van der Waals surface area (Å²) in [6.07, 6.45) is 9.85. The Balaban J connectivity index is 1.81. The van der Waals surface area contributed by atoms with Gasteiger partial charge >= 0.3 is 0 Å². The van der Waals surface area contributed by atoms with Gasteiger partial charge in [-0.25, -0.2) is 0 Å². The van der Waals surface area contributed by atoms with Crippen molar-refractivity contribution in [3.63, 3.8) is 0 Å². The topological polar surface area (TPSA) is 15.3 Å². The molecule has 0 amide bonds. The predicted octanol–water partition coefficient (Wildman–Crippen LogP) is 1.78. The van der Waals surface area contributed by atoms with Crippen LogP contribution in [0.15, 0.2) is 12.2 Å². The molecule has 1 aliphatic heterocycles. The van der Waals surface area contributed by atoms with Gasteiger partial charge in [-0.3, -0.25) is 4.90 Å². The van der Waals surface area contributed by atoms with E-state index in [0.29, 0.717) is 0 Å². The Kier molecular flexibility index (Phi) is 3.60. The Morgan fingerprint density at radius 3 is 2.86 bits per heavy atom. The molecule has 0 aromatic carbocycles. The molecular formula is C12H22N2. The quantitative estimate of drug-likeness (QED) is 0.689. The van der Waals surface area contributed by atoms with Crippen LogP contribution in [-0.2, 0) is 0 Å². The van der Waals surface area contributed by atoms with Crippen LogP contribution in [0.3, 0.4) is 0 Å². The minimum Gasteiger partial charge on any atom is -0.311 e. The molecular weight excluding hydrogens is 172 g/mol. The van der Waals surface area contributed by atoms with Gasteiger partial charge in [0.2, 0.25) is 0 Å². The molecule has 2 rings (SSSR count). The first-order valence-electron chi connectivity index (χ1n) is 6.02. The fourth-order valence-corrected chi connectivity index (χ4v) is 2.63. The Hall–Kier alpha value is -0.340. The molecule has 1 saturated heterocycles. The summed E-state index contributed by atoms with van der Waals surface area (Å²) in [5, 5.41) is 3.61. The van der Waals surface area contributed by atoms with E-state index in [-0.39, 0.29) is 0 Å². The fraction of sp³-hybridized carbons (Fsp3) is 0.833. The third kappa shape index (κ3) is 2.37. The van der Waals surface area contributed by atoms with Gasteiger partial charge in [0.25, 0.3) is 0 Å². The Labute approximate surface area is 87.4 Å². The highest BCUT2D eigenvalue weighted by molar-refractivity contribution is 5.00. The maximum atomic E-state index is 3.61. The van der Waals surface area contributed by atoms with Crippen LogP contribution in [-0.4, -0.2) is 36.6 Å². The average molecular weight is 194 g/mol. The average Bonchev–Trinajstić information content (AvgIpc) is 2.71. The van der Waals surface area contributed by atoms with Crippen LogP contribution < -0.4 is 5.32 Å². The summed E-state index contributed by atoms with van der Waals surface area (Å²) in [6, 6.07) is 1.56. The van der Waals surface area contributed by atoms with Gasteiger partial charge in [-0.05, 0) is 19.3 Å². The Morgan fingerprint density at radius 1 is 1.36 bits per heavy atom. The van der Waals surface area contributed by atoms with Crippen molar-refractivity contribution in [2.24, 2.45) is 0 Å². The molecule has 14 heavy (non-hydrogen) atoms. The summed E-state index contributed by atoms with van der Waals surface area (Å²) >= 11 is 0. The van der Waals surface area contributed by atoms with Crippen LogP contribution in [0.25, 0.3) is 0 Å². The highest BCUT2D eigenvalue weighted by Gasteiger charge is 2.24. The van der Waals surface area contributed by atoms with Gasteiger partial charge in [0, 0.05) is 31.7 Å². The lowest BCUT2D eigenvalue weighted by atomic mass is 10.1. The minimum atomic E-state index is 0.745. The number of nitrogens with zero attached hydrogens (tertiary/aromatic N) is 1. The molecule has 1 atom stereocenters. The third-order valence-electron chi connectivity index (χ3n) is 3.42. The standard InChI is InChI=1S/C12H22N2/c1-2-5-11-10-14(9-8-13-11)12-6-3-4-7-12/h3-4,11-13H,2,5-10H2,1H3. The predicted molar refractivity (Wildman–Crippen MR) is 60.4 cm³/mol. The summed E-state index contributed by atoms with van der Waals surface area (Å²) in [4.78, 5) is 2.68. The molecule has 80 valence electrons. The first-order chi connectivity index (χ1) is 6.90. The largest absolute Gasteiger partial charge is 0.311 e. The lowest BCUT2D eigenvalue weighted by molar-refractivity contribution is 0.145. The molecule has 0 bridgehead atoms. The van der Waals surface area contributed by atoms with Crippen LogP contribution in [0.2, 0.25) is 0 Å². The van der Waals surface area contributed by atoms with Crippen molar-refractivity contribution in [2.75, 3.05) is 19.6 Å². The molecule has 2 nitrogen and oxygen atoms in total. The molecule has 0 aromatic heterocycles. The van der Waals surface area contributed by atoms with Gasteiger partial charge in [0.15, 0.2) is 0 Å². The summed E-state index contributed by atoms with van der Waals surface area (Å²) in [6.45, 7) is 5.96. The molecule has 1 fully saturated rings. The van der Waals surface area contributed by atoms with Crippen LogP contribution in [0.1, 0.15) is 32.6 Å². The molecule has 0 saturated carbocycles. The molecule has 1 unspecified atom stereocenters. The molecule has 1 N–H and O–H groups in total. The van der Waals surface area contributed by atoms with Crippen molar-refractivity contribution in [1.29, 1.82) is 0 Å². The second-order valence-corrected chi connectivity index (χ2v) is 4.53. The van der Waals surface area contributed by atoms with Crippen molar-refractivity contribution >= 4 is 0 Å². The van der Waals surface area contributed by atoms with Gasteiger partial charge in [0.05, 0.1) is 0 Å². The summed E-state index contributed by atoms with van der Waals surface area (Å²) < 4.78 is 0. The van der Waals surface area contributed by atoms with E-state index in [4.69, 9.17) is 0 Å². The molecule has 0 aromatic rings. The Morgan fingerprint density at radius 2 is 2.14 bits per heavy atom. The second-order valence-electron chi connectivity index (χ2n) is 4.53. The normalized spacial score (nSPS) is 29.9. The minimum absolute atomic E-state index is 0.745. The highest BCUT2D eigenvalue weighted by atomic mass is 15.2. The van der Waals surface area contributed by atoms with E-state index in [0.717, 1.165) is 12.1 Å². The third-order valence-corrected chi connectivity index (χ3v) is 3.42. The van der Waals surface area contributed by atoms with Gasteiger partial charge in [-0.1, -0.05) is 25.5 Å². The Bertz CT molecular complexity index is 190. The van der Waals surface area contributed by atoms with Crippen molar-refractivity contribution in [3.8, 4) is 0 Å². The van der Waals surface area contributed by atoms with E-state index in [9.17, 15) is 0 Å². The maximum absolute atomic E-state index is 3.61. The van der Waals surface area contributed by atoms with Crippen molar-refractivity contribution in [2.45, 2.75) is 44.7 Å². The van der Waals surface area contributed by atoms with Crippen LogP contribution in [0.4, 0.5) is 0 Å².